The first-order valence-electron chi connectivity index (χ1n) is 7.68. The average molecular weight is 382 g/mol. The summed E-state index contributed by atoms with van der Waals surface area (Å²) in [6.45, 7) is 2.43. The van der Waals surface area contributed by atoms with Gasteiger partial charge in [-0.25, -0.2) is 0 Å². The van der Waals surface area contributed by atoms with E-state index in [-0.39, 0.29) is 37.0 Å². The minimum Gasteiger partial charge on any atom is -0.334 e. The Hall–Kier alpha value is -1.80. The van der Waals surface area contributed by atoms with Gasteiger partial charge in [0.1, 0.15) is 0 Å². The first kappa shape index (κ1) is 23.2. The molecule has 142 valence electrons. The molecule has 0 bridgehead atoms. The molecule has 1 rings (SSSR count). The molecule has 2 amide bonds. The first-order valence-corrected chi connectivity index (χ1v) is 7.68. The molecule has 9 heteroatoms. The molecule has 0 heterocycles. The first-order chi connectivity index (χ1) is 11.3. The van der Waals surface area contributed by atoms with Gasteiger partial charge in [0, 0.05) is 13.0 Å². The van der Waals surface area contributed by atoms with Crippen LogP contribution in [0.25, 0.3) is 0 Å². The lowest BCUT2D eigenvalue weighted by atomic mass is 10.1. The Morgan fingerprint density at radius 2 is 1.84 bits per heavy atom. The van der Waals surface area contributed by atoms with Crippen LogP contribution in [0.1, 0.15) is 25.3 Å². The van der Waals surface area contributed by atoms with E-state index in [4.69, 9.17) is 0 Å². The van der Waals surface area contributed by atoms with Crippen LogP contribution in [0.2, 0.25) is 0 Å². The number of hydrogen-bond donors (Lipinski definition) is 2. The number of likely N-dealkylation sites (N-methyl/N-ethyl adjacent to an activating group) is 1. The van der Waals surface area contributed by atoms with E-state index in [0.717, 1.165) is 6.07 Å². The van der Waals surface area contributed by atoms with E-state index >= 15 is 0 Å². The van der Waals surface area contributed by atoms with Crippen LogP contribution in [0.4, 0.5) is 18.9 Å². The van der Waals surface area contributed by atoms with Crippen molar-refractivity contribution < 1.29 is 22.8 Å². The van der Waals surface area contributed by atoms with Gasteiger partial charge < -0.3 is 15.5 Å². The van der Waals surface area contributed by atoms with Crippen molar-refractivity contribution >= 4 is 29.9 Å². The molecule has 0 saturated carbocycles. The fourth-order valence-electron chi connectivity index (χ4n) is 2.15. The zero-order chi connectivity index (χ0) is 18.2. The SMILES string of the molecule is CCN(CC(=O)Nc1ccccc1C(F)(F)F)C(=O)CCCNC.Cl. The highest BCUT2D eigenvalue weighted by Crippen LogP contribution is 2.34. The number of para-hydroxylation sites is 1. The molecule has 0 unspecified atom stereocenters. The van der Waals surface area contributed by atoms with E-state index in [1.54, 1.807) is 14.0 Å². The number of alkyl halides is 3. The van der Waals surface area contributed by atoms with Gasteiger partial charge >= 0.3 is 6.18 Å². The molecule has 0 aliphatic carbocycles. The molecule has 0 spiro atoms. The van der Waals surface area contributed by atoms with Crippen LogP contribution in [0.3, 0.4) is 0 Å². The largest absolute Gasteiger partial charge is 0.418 e. The molecule has 0 aromatic heterocycles. The topological polar surface area (TPSA) is 61.4 Å². The Kier molecular flexibility index (Phi) is 10.2. The van der Waals surface area contributed by atoms with E-state index in [9.17, 15) is 22.8 Å². The van der Waals surface area contributed by atoms with Crippen LogP contribution in [0.15, 0.2) is 24.3 Å². The molecule has 25 heavy (non-hydrogen) atoms. The Morgan fingerprint density at radius 1 is 1.20 bits per heavy atom. The van der Waals surface area contributed by atoms with Crippen LogP contribution < -0.4 is 10.6 Å². The molecule has 0 radical (unpaired) electrons. The molecule has 2 N–H and O–H groups in total. The molecule has 0 atom stereocenters. The summed E-state index contributed by atoms with van der Waals surface area (Å²) in [5, 5.41) is 5.16. The number of rotatable bonds is 8. The van der Waals surface area contributed by atoms with Gasteiger partial charge in [-0.3, -0.25) is 9.59 Å². The zero-order valence-corrected chi connectivity index (χ0v) is 15.0. The van der Waals surface area contributed by atoms with Crippen molar-refractivity contribution in [2.24, 2.45) is 0 Å². The standard InChI is InChI=1S/C16H22F3N3O2.ClH/c1-3-22(15(24)9-6-10-20-2)11-14(23)21-13-8-5-4-7-12(13)16(17,18)19;/h4-5,7-8,20H,3,6,9-11H2,1-2H3,(H,21,23);1H. The summed E-state index contributed by atoms with van der Waals surface area (Å²) < 4.78 is 38.7. The monoisotopic (exact) mass is 381 g/mol. The molecular weight excluding hydrogens is 359 g/mol. The highest BCUT2D eigenvalue weighted by Gasteiger charge is 2.33. The molecule has 0 aliphatic rings. The van der Waals surface area contributed by atoms with Crippen LogP contribution in [0.5, 0.6) is 0 Å². The summed E-state index contributed by atoms with van der Waals surface area (Å²) in [5.41, 5.74) is -1.23. The molecular formula is C16H23ClF3N3O2. The zero-order valence-electron chi connectivity index (χ0n) is 14.2. The second kappa shape index (κ2) is 10.9. The Morgan fingerprint density at radius 3 is 2.40 bits per heavy atom. The summed E-state index contributed by atoms with van der Waals surface area (Å²) in [7, 11) is 1.77. The summed E-state index contributed by atoms with van der Waals surface area (Å²) in [4.78, 5) is 25.3. The van der Waals surface area contributed by atoms with E-state index < -0.39 is 17.6 Å². The lowest BCUT2D eigenvalue weighted by Gasteiger charge is -2.21. The smallest absolute Gasteiger partial charge is 0.334 e. The lowest BCUT2D eigenvalue weighted by Crippen LogP contribution is -2.38. The van der Waals surface area contributed by atoms with Crippen LogP contribution in [0, 0.1) is 0 Å². The van der Waals surface area contributed by atoms with Gasteiger partial charge in [0.05, 0.1) is 17.8 Å². The molecule has 0 saturated heterocycles. The number of hydrogen-bond acceptors (Lipinski definition) is 3. The Bertz CT molecular complexity index is 568. The third kappa shape index (κ3) is 7.74. The number of anilines is 1. The van der Waals surface area contributed by atoms with Crippen molar-refractivity contribution in [2.45, 2.75) is 25.9 Å². The fraction of sp³-hybridized carbons (Fsp3) is 0.500. The number of amides is 2. The number of nitrogens with one attached hydrogen (secondary N) is 2. The van der Waals surface area contributed by atoms with Crippen LogP contribution >= 0.6 is 12.4 Å². The van der Waals surface area contributed by atoms with Gasteiger partial charge in [-0.2, -0.15) is 13.2 Å². The van der Waals surface area contributed by atoms with Crippen molar-refractivity contribution in [1.29, 1.82) is 0 Å². The van der Waals surface area contributed by atoms with E-state index in [1.807, 2.05) is 0 Å². The summed E-state index contributed by atoms with van der Waals surface area (Å²) in [5.74, 6) is -0.859. The van der Waals surface area contributed by atoms with E-state index in [2.05, 4.69) is 10.6 Å². The maximum atomic E-state index is 12.9. The van der Waals surface area contributed by atoms with Crippen molar-refractivity contribution in [3.05, 3.63) is 29.8 Å². The maximum absolute atomic E-state index is 12.9. The fourth-order valence-corrected chi connectivity index (χ4v) is 2.15. The number of carbonyl (C=O) groups excluding carboxylic acids is 2. The molecule has 1 aromatic carbocycles. The molecule has 1 aromatic rings. The van der Waals surface area contributed by atoms with Crippen LogP contribution in [-0.4, -0.2) is 43.4 Å². The molecule has 5 nitrogen and oxygen atoms in total. The lowest BCUT2D eigenvalue weighted by molar-refractivity contribution is -0.137. The highest BCUT2D eigenvalue weighted by molar-refractivity contribution is 5.95. The summed E-state index contributed by atoms with van der Waals surface area (Å²) in [6.07, 6.45) is -3.65. The quantitative estimate of drug-likeness (QED) is 0.681. The highest BCUT2D eigenvalue weighted by atomic mass is 35.5. The van der Waals surface area contributed by atoms with Gasteiger partial charge in [-0.05, 0) is 39.1 Å². The predicted molar refractivity (Wildman–Crippen MR) is 92.7 cm³/mol. The number of carbonyl (C=O) groups is 2. The van der Waals surface area contributed by atoms with Gasteiger partial charge in [0.25, 0.3) is 0 Å². The normalized spacial score (nSPS) is 10.8. The number of nitrogens with zero attached hydrogens (tertiary/aromatic N) is 1. The van der Waals surface area contributed by atoms with Gasteiger partial charge in [-0.1, -0.05) is 12.1 Å². The second-order valence-corrected chi connectivity index (χ2v) is 5.21. The van der Waals surface area contributed by atoms with Crippen molar-refractivity contribution in [2.75, 3.05) is 32.0 Å². The van der Waals surface area contributed by atoms with Gasteiger partial charge in [0.2, 0.25) is 11.8 Å². The van der Waals surface area contributed by atoms with Crippen molar-refractivity contribution in [3.63, 3.8) is 0 Å². The Labute approximate surface area is 151 Å². The minimum atomic E-state index is -4.56. The number of halogens is 4. The minimum absolute atomic E-state index is 0. The van der Waals surface area contributed by atoms with Crippen molar-refractivity contribution in [3.8, 4) is 0 Å². The van der Waals surface area contributed by atoms with Crippen molar-refractivity contribution in [1.82, 2.24) is 10.2 Å². The third-order valence-electron chi connectivity index (χ3n) is 3.39. The van der Waals surface area contributed by atoms with Gasteiger partial charge in [0.15, 0.2) is 0 Å². The van der Waals surface area contributed by atoms with Gasteiger partial charge in [-0.15, -0.1) is 12.4 Å². The van der Waals surface area contributed by atoms with E-state index in [1.165, 1.54) is 23.1 Å². The second-order valence-electron chi connectivity index (χ2n) is 5.21. The van der Waals surface area contributed by atoms with E-state index in [0.29, 0.717) is 19.5 Å². The third-order valence-corrected chi connectivity index (χ3v) is 3.39. The Balaban J connectivity index is 0.00000576. The predicted octanol–water partition coefficient (Wildman–Crippen LogP) is 2.91. The summed E-state index contributed by atoms with van der Waals surface area (Å²) in [6, 6.07) is 4.75. The van der Waals surface area contributed by atoms with Crippen LogP contribution in [-0.2, 0) is 15.8 Å². The molecule has 0 aliphatic heterocycles. The molecule has 0 fully saturated rings. The average Bonchev–Trinajstić information content (AvgIpc) is 2.52. The summed E-state index contributed by atoms with van der Waals surface area (Å²) >= 11 is 0. The number of benzene rings is 1. The maximum Gasteiger partial charge on any atom is 0.418 e.